The van der Waals surface area contributed by atoms with Crippen molar-refractivity contribution in [2.75, 3.05) is 6.61 Å². The molecule has 3 heteroatoms. The van der Waals surface area contributed by atoms with Gasteiger partial charge < -0.3 is 10.5 Å². The van der Waals surface area contributed by atoms with Gasteiger partial charge in [0.2, 0.25) is 0 Å². The van der Waals surface area contributed by atoms with E-state index in [4.69, 9.17) is 10.5 Å². The van der Waals surface area contributed by atoms with Crippen molar-refractivity contribution >= 4 is 19.2 Å². The van der Waals surface area contributed by atoms with Gasteiger partial charge in [0.1, 0.15) is 5.35 Å². The molecule has 1 aliphatic heterocycles. The summed E-state index contributed by atoms with van der Waals surface area (Å²) in [6.07, 6.45) is 3.26. The second-order valence-electron chi connectivity index (χ2n) is 5.51. The van der Waals surface area contributed by atoms with Gasteiger partial charge in [-0.1, -0.05) is 71.0 Å². The molecule has 1 heterocycles. The van der Waals surface area contributed by atoms with E-state index in [0.29, 0.717) is 0 Å². The quantitative estimate of drug-likeness (QED) is 0.865. The van der Waals surface area contributed by atoms with E-state index in [1.807, 2.05) is 0 Å². The minimum atomic E-state index is -1.59. The first-order valence-corrected chi connectivity index (χ1v) is 9.05. The first-order valence-electron chi connectivity index (χ1n) is 7.32. The molecule has 0 saturated carbocycles. The molecule has 3 rings (SSSR count). The van der Waals surface area contributed by atoms with E-state index in [9.17, 15) is 0 Å². The van der Waals surface area contributed by atoms with Gasteiger partial charge in [-0.3, -0.25) is 0 Å². The predicted octanol–water partition coefficient (Wildman–Crippen LogP) is 1.42. The Labute approximate surface area is 122 Å². The van der Waals surface area contributed by atoms with Gasteiger partial charge in [-0.05, 0) is 19.3 Å². The van der Waals surface area contributed by atoms with Crippen LogP contribution in [0.5, 0.6) is 0 Å². The molecular weight excluding hydrogens is 262 g/mol. The van der Waals surface area contributed by atoms with Crippen molar-refractivity contribution in [3.8, 4) is 0 Å². The summed E-state index contributed by atoms with van der Waals surface area (Å²) in [5.41, 5.74) is 6.71. The van der Waals surface area contributed by atoms with E-state index in [1.54, 1.807) is 0 Å². The van der Waals surface area contributed by atoms with Crippen molar-refractivity contribution < 1.29 is 4.74 Å². The van der Waals surface area contributed by atoms with Crippen molar-refractivity contribution in [3.63, 3.8) is 0 Å². The zero-order valence-corrected chi connectivity index (χ0v) is 12.8. The lowest BCUT2D eigenvalue weighted by molar-refractivity contribution is -0.0166. The zero-order chi connectivity index (χ0) is 13.8. The Hall–Kier alpha value is -1.42. The Morgan fingerprint density at radius 2 is 1.40 bits per heavy atom. The highest BCUT2D eigenvalue weighted by Crippen LogP contribution is 2.22. The number of hydrogen-bond donors (Lipinski definition) is 1. The summed E-state index contributed by atoms with van der Waals surface area (Å²) in [6.45, 7) is 0.791. The summed E-state index contributed by atoms with van der Waals surface area (Å²) in [5, 5.41) is 2.27. The molecule has 0 bridgehead atoms. The molecule has 2 nitrogen and oxygen atoms in total. The average Bonchev–Trinajstić information content (AvgIpc) is 2.50. The molecule has 2 N–H and O–H groups in total. The van der Waals surface area contributed by atoms with E-state index in [2.05, 4.69) is 60.7 Å². The maximum atomic E-state index is 6.71. The molecule has 2 aromatic carbocycles. The maximum absolute atomic E-state index is 6.71. The normalized spacial score (nSPS) is 22.9. The lowest BCUT2D eigenvalue weighted by Crippen LogP contribution is -2.67. The summed E-state index contributed by atoms with van der Waals surface area (Å²) < 4.78 is 6.08. The Balaban J connectivity index is 2.04. The van der Waals surface area contributed by atoms with Crippen molar-refractivity contribution in [1.82, 2.24) is 0 Å². The lowest BCUT2D eigenvalue weighted by Gasteiger charge is -2.40. The predicted molar refractivity (Wildman–Crippen MR) is 86.0 cm³/mol. The van der Waals surface area contributed by atoms with E-state index in [1.165, 1.54) is 16.8 Å². The number of ether oxygens (including phenoxy) is 1. The maximum Gasteiger partial charge on any atom is 0.155 e. The van der Waals surface area contributed by atoms with Gasteiger partial charge in [-0.15, -0.1) is 0 Å². The number of nitrogens with two attached hydrogens (primary N) is 1. The van der Waals surface area contributed by atoms with Crippen LogP contribution < -0.4 is 16.1 Å². The highest BCUT2D eigenvalue weighted by atomic mass is 28.3. The third-order valence-corrected chi connectivity index (χ3v) is 7.62. The third-order valence-electron chi connectivity index (χ3n) is 4.09. The molecule has 0 radical (unpaired) electrons. The Morgan fingerprint density at radius 1 is 0.850 bits per heavy atom. The highest BCUT2D eigenvalue weighted by Gasteiger charge is 2.40. The van der Waals surface area contributed by atoms with Crippen LogP contribution >= 0.6 is 0 Å². The minimum absolute atomic E-state index is 0.457. The van der Waals surface area contributed by atoms with Crippen LogP contribution in [0.3, 0.4) is 0 Å². The smallest absolute Gasteiger partial charge is 0.155 e. The monoisotopic (exact) mass is 283 g/mol. The summed E-state index contributed by atoms with van der Waals surface area (Å²) in [7, 11) is -1.59. The molecule has 0 aromatic heterocycles. The van der Waals surface area contributed by atoms with Gasteiger partial charge in [-0.25, -0.2) is 0 Å². The molecule has 1 atom stereocenters. The largest absolute Gasteiger partial charge is 0.364 e. The Bertz CT molecular complexity index is 498. The van der Waals surface area contributed by atoms with Crippen LogP contribution in [0.15, 0.2) is 60.7 Å². The van der Waals surface area contributed by atoms with Crippen molar-refractivity contribution in [2.45, 2.75) is 24.6 Å². The second kappa shape index (κ2) is 5.91. The average molecular weight is 283 g/mol. The van der Waals surface area contributed by atoms with Crippen LogP contribution in [0, 0.1) is 0 Å². The molecule has 0 aliphatic carbocycles. The second-order valence-corrected chi connectivity index (χ2v) is 8.69. The summed E-state index contributed by atoms with van der Waals surface area (Å²) in [4.78, 5) is 0. The summed E-state index contributed by atoms with van der Waals surface area (Å²) in [6, 6.07) is 21.3. The Kier molecular flexibility index (Phi) is 4.01. The molecule has 0 spiro atoms. The number of benzene rings is 2. The molecule has 2 aromatic rings. The lowest BCUT2D eigenvalue weighted by atomic mass is 10.2. The van der Waals surface area contributed by atoms with Crippen molar-refractivity contribution in [3.05, 3.63) is 60.7 Å². The van der Waals surface area contributed by atoms with Gasteiger partial charge in [-0.2, -0.15) is 0 Å². The number of rotatable bonds is 3. The first-order chi connectivity index (χ1) is 9.80. The fraction of sp³-hybridized carbons (Fsp3) is 0.294. The van der Waals surface area contributed by atoms with Gasteiger partial charge in [0.05, 0.1) is 0 Å². The van der Waals surface area contributed by atoms with Crippen molar-refractivity contribution in [1.29, 1.82) is 0 Å². The molecule has 104 valence electrons. The molecule has 1 aliphatic rings. The van der Waals surface area contributed by atoms with Crippen molar-refractivity contribution in [2.24, 2.45) is 5.73 Å². The first kappa shape index (κ1) is 13.6. The minimum Gasteiger partial charge on any atom is -0.364 e. The van der Waals surface area contributed by atoms with Crippen LogP contribution in [0.2, 0.25) is 0 Å². The van der Waals surface area contributed by atoms with Gasteiger partial charge in [0.25, 0.3) is 0 Å². The number of hydrogen-bond acceptors (Lipinski definition) is 2. The van der Waals surface area contributed by atoms with Crippen LogP contribution in [-0.2, 0) is 4.74 Å². The van der Waals surface area contributed by atoms with E-state index in [0.717, 1.165) is 19.4 Å². The van der Waals surface area contributed by atoms with E-state index >= 15 is 0 Å². The van der Waals surface area contributed by atoms with Crippen LogP contribution in [0.4, 0.5) is 0 Å². The fourth-order valence-electron chi connectivity index (χ4n) is 3.11. The van der Waals surface area contributed by atoms with E-state index < -0.39 is 14.1 Å². The summed E-state index contributed by atoms with van der Waals surface area (Å²) >= 11 is 0. The van der Waals surface area contributed by atoms with E-state index in [-0.39, 0.29) is 0 Å². The van der Waals surface area contributed by atoms with Gasteiger partial charge in [0.15, 0.2) is 8.80 Å². The fourth-order valence-corrected chi connectivity index (χ4v) is 6.62. The molecule has 1 saturated heterocycles. The molecule has 1 unspecified atom stereocenters. The van der Waals surface area contributed by atoms with Crippen LogP contribution in [-0.4, -0.2) is 20.8 Å². The van der Waals surface area contributed by atoms with Crippen LogP contribution in [0.1, 0.15) is 19.3 Å². The molecule has 1 fully saturated rings. The molecular formula is C17H21NOSi. The third kappa shape index (κ3) is 2.70. The topological polar surface area (TPSA) is 35.2 Å². The van der Waals surface area contributed by atoms with Gasteiger partial charge >= 0.3 is 0 Å². The standard InChI is InChI=1S/C17H21NOSi/c18-17(13-7-8-14-19-17)20(15-9-3-1-4-10-15)16-11-5-2-6-12-16/h1-6,9-12,20H,7-8,13-14,18H2. The SMILES string of the molecule is NC1([SiH](c2ccccc2)c2ccccc2)CCCCO1. The molecule has 0 amide bonds. The summed E-state index contributed by atoms with van der Waals surface area (Å²) in [5.74, 6) is 0. The Morgan fingerprint density at radius 3 is 1.85 bits per heavy atom. The highest BCUT2D eigenvalue weighted by molar-refractivity contribution is 6.87. The molecule has 20 heavy (non-hydrogen) atoms. The zero-order valence-electron chi connectivity index (χ0n) is 11.7. The van der Waals surface area contributed by atoms with Crippen LogP contribution in [0.25, 0.3) is 0 Å². The van der Waals surface area contributed by atoms with Gasteiger partial charge in [0, 0.05) is 6.61 Å².